The number of thiophene rings is 1. The fourth-order valence-electron chi connectivity index (χ4n) is 2.45. The van der Waals surface area contributed by atoms with E-state index in [4.69, 9.17) is 9.72 Å². The highest BCUT2D eigenvalue weighted by molar-refractivity contribution is 7.16. The standard InChI is InChI=1S/C18H21N3OS/c1-3-4-8-16-20-17(15-9-10-23-18(15)21-16)19-12-13-6-5-7-14(11-13)22-2/h5-7,9-11H,3-4,8,12H2,1-2H3,(H,19,20,21). The molecule has 120 valence electrons. The lowest BCUT2D eigenvalue weighted by molar-refractivity contribution is 0.414. The van der Waals surface area contributed by atoms with Crippen molar-refractivity contribution in [3.05, 3.63) is 47.1 Å². The second-order valence-corrected chi connectivity index (χ2v) is 6.33. The van der Waals surface area contributed by atoms with Gasteiger partial charge in [0.1, 0.15) is 22.2 Å². The smallest absolute Gasteiger partial charge is 0.138 e. The predicted molar refractivity (Wildman–Crippen MR) is 96.3 cm³/mol. The summed E-state index contributed by atoms with van der Waals surface area (Å²) in [5.41, 5.74) is 1.17. The summed E-state index contributed by atoms with van der Waals surface area (Å²) >= 11 is 1.67. The van der Waals surface area contributed by atoms with Crippen molar-refractivity contribution in [3.8, 4) is 5.75 Å². The number of unbranched alkanes of at least 4 members (excludes halogenated alkanes) is 1. The van der Waals surface area contributed by atoms with Crippen molar-refractivity contribution < 1.29 is 4.74 Å². The summed E-state index contributed by atoms with van der Waals surface area (Å²) in [6.45, 7) is 2.90. The fourth-order valence-corrected chi connectivity index (χ4v) is 3.23. The van der Waals surface area contributed by atoms with Gasteiger partial charge in [-0.05, 0) is 35.6 Å². The summed E-state index contributed by atoms with van der Waals surface area (Å²) < 4.78 is 5.28. The van der Waals surface area contributed by atoms with Gasteiger partial charge in [-0.25, -0.2) is 9.97 Å². The Kier molecular flexibility index (Phi) is 5.08. The second-order valence-electron chi connectivity index (χ2n) is 5.44. The van der Waals surface area contributed by atoms with Crippen LogP contribution in [0.2, 0.25) is 0 Å². The average molecular weight is 327 g/mol. The third-order valence-corrected chi connectivity index (χ3v) is 4.53. The third-order valence-electron chi connectivity index (χ3n) is 3.72. The third kappa shape index (κ3) is 3.79. The molecule has 0 amide bonds. The largest absolute Gasteiger partial charge is 0.497 e. The molecule has 1 N–H and O–H groups in total. The van der Waals surface area contributed by atoms with E-state index in [2.05, 4.69) is 34.7 Å². The Labute approximate surface area is 140 Å². The van der Waals surface area contributed by atoms with Crippen molar-refractivity contribution in [1.82, 2.24) is 9.97 Å². The van der Waals surface area contributed by atoms with Crippen LogP contribution < -0.4 is 10.1 Å². The zero-order valence-corrected chi connectivity index (χ0v) is 14.3. The first-order valence-corrected chi connectivity index (χ1v) is 8.79. The molecule has 5 heteroatoms. The van der Waals surface area contributed by atoms with E-state index in [0.717, 1.165) is 46.9 Å². The molecule has 0 spiro atoms. The highest BCUT2D eigenvalue weighted by atomic mass is 32.1. The first-order chi connectivity index (χ1) is 11.3. The van der Waals surface area contributed by atoms with Crippen molar-refractivity contribution in [1.29, 1.82) is 0 Å². The van der Waals surface area contributed by atoms with Gasteiger partial charge in [-0.1, -0.05) is 25.5 Å². The molecule has 0 aliphatic heterocycles. The first kappa shape index (κ1) is 15.7. The predicted octanol–water partition coefficient (Wildman–Crippen LogP) is 4.65. The Bertz CT molecular complexity index is 785. The molecule has 0 aliphatic carbocycles. The van der Waals surface area contributed by atoms with Crippen LogP contribution in [0.15, 0.2) is 35.7 Å². The van der Waals surface area contributed by atoms with Crippen molar-refractivity contribution in [2.45, 2.75) is 32.7 Å². The molecule has 0 unspecified atom stereocenters. The number of fused-ring (bicyclic) bond motifs is 1. The van der Waals surface area contributed by atoms with E-state index in [-0.39, 0.29) is 0 Å². The highest BCUT2D eigenvalue weighted by Crippen LogP contribution is 2.26. The van der Waals surface area contributed by atoms with Crippen LogP contribution in [0.1, 0.15) is 31.2 Å². The van der Waals surface area contributed by atoms with Crippen molar-refractivity contribution >= 4 is 27.4 Å². The molecule has 4 nitrogen and oxygen atoms in total. The molecular weight excluding hydrogens is 306 g/mol. The zero-order valence-electron chi connectivity index (χ0n) is 13.5. The number of ether oxygens (including phenoxy) is 1. The van der Waals surface area contributed by atoms with Gasteiger partial charge in [0.05, 0.1) is 12.5 Å². The monoisotopic (exact) mass is 327 g/mol. The molecule has 2 aromatic heterocycles. The quantitative estimate of drug-likeness (QED) is 0.686. The minimum Gasteiger partial charge on any atom is -0.497 e. The van der Waals surface area contributed by atoms with E-state index in [0.29, 0.717) is 6.54 Å². The lowest BCUT2D eigenvalue weighted by atomic mass is 10.2. The molecule has 1 aromatic carbocycles. The number of hydrogen-bond donors (Lipinski definition) is 1. The minimum absolute atomic E-state index is 0.715. The molecule has 0 saturated carbocycles. The molecule has 0 fully saturated rings. The fraction of sp³-hybridized carbons (Fsp3) is 0.333. The van der Waals surface area contributed by atoms with Gasteiger partial charge in [-0.3, -0.25) is 0 Å². The topological polar surface area (TPSA) is 47.0 Å². The van der Waals surface area contributed by atoms with Gasteiger partial charge in [0.25, 0.3) is 0 Å². The summed E-state index contributed by atoms with van der Waals surface area (Å²) in [4.78, 5) is 10.4. The van der Waals surface area contributed by atoms with E-state index in [1.807, 2.05) is 18.2 Å². The van der Waals surface area contributed by atoms with E-state index < -0.39 is 0 Å². The molecular formula is C18H21N3OS. The number of hydrogen-bond acceptors (Lipinski definition) is 5. The summed E-state index contributed by atoms with van der Waals surface area (Å²) in [5.74, 6) is 2.72. The number of aryl methyl sites for hydroxylation is 1. The Morgan fingerprint density at radius 2 is 2.13 bits per heavy atom. The lowest BCUT2D eigenvalue weighted by Gasteiger charge is -2.10. The van der Waals surface area contributed by atoms with Crippen molar-refractivity contribution in [2.24, 2.45) is 0 Å². The molecule has 0 aliphatic rings. The number of anilines is 1. The SMILES string of the molecule is CCCCc1nc(NCc2cccc(OC)c2)c2ccsc2n1. The molecule has 3 rings (SSSR count). The van der Waals surface area contributed by atoms with Gasteiger partial charge in [-0.2, -0.15) is 0 Å². The lowest BCUT2D eigenvalue weighted by Crippen LogP contribution is -2.05. The van der Waals surface area contributed by atoms with Crippen LogP contribution in [-0.4, -0.2) is 17.1 Å². The number of aromatic nitrogens is 2. The molecule has 3 aromatic rings. The van der Waals surface area contributed by atoms with Gasteiger partial charge >= 0.3 is 0 Å². The maximum Gasteiger partial charge on any atom is 0.138 e. The van der Waals surface area contributed by atoms with Gasteiger partial charge < -0.3 is 10.1 Å². The maximum absolute atomic E-state index is 5.28. The van der Waals surface area contributed by atoms with Crippen LogP contribution in [0.3, 0.4) is 0 Å². The van der Waals surface area contributed by atoms with E-state index in [1.165, 1.54) is 5.56 Å². The van der Waals surface area contributed by atoms with Crippen molar-refractivity contribution in [3.63, 3.8) is 0 Å². The van der Waals surface area contributed by atoms with Crippen LogP contribution in [-0.2, 0) is 13.0 Å². The molecule has 0 radical (unpaired) electrons. The number of rotatable bonds is 7. The number of benzene rings is 1. The van der Waals surface area contributed by atoms with Gasteiger partial charge in [0.15, 0.2) is 0 Å². The van der Waals surface area contributed by atoms with E-state index in [9.17, 15) is 0 Å². The first-order valence-electron chi connectivity index (χ1n) is 7.91. The Hall–Kier alpha value is -2.14. The van der Waals surface area contributed by atoms with Crippen LogP contribution in [0.5, 0.6) is 5.75 Å². The van der Waals surface area contributed by atoms with Gasteiger partial charge in [0, 0.05) is 13.0 Å². The summed E-state index contributed by atoms with van der Waals surface area (Å²) in [6.07, 6.45) is 3.20. The van der Waals surface area contributed by atoms with E-state index >= 15 is 0 Å². The number of nitrogens with one attached hydrogen (secondary N) is 1. The second kappa shape index (κ2) is 7.42. The van der Waals surface area contributed by atoms with Gasteiger partial charge in [-0.15, -0.1) is 11.3 Å². The van der Waals surface area contributed by atoms with Crippen LogP contribution >= 0.6 is 11.3 Å². The Morgan fingerprint density at radius 3 is 2.96 bits per heavy atom. The minimum atomic E-state index is 0.715. The Balaban J connectivity index is 1.81. The summed E-state index contributed by atoms with van der Waals surface area (Å²) in [6, 6.07) is 10.2. The molecule has 0 atom stereocenters. The van der Waals surface area contributed by atoms with Crippen LogP contribution in [0.25, 0.3) is 10.2 Å². The normalized spacial score (nSPS) is 10.9. The van der Waals surface area contributed by atoms with Crippen LogP contribution in [0.4, 0.5) is 5.82 Å². The maximum atomic E-state index is 5.28. The average Bonchev–Trinajstić information content (AvgIpc) is 3.06. The molecule has 2 heterocycles. The van der Waals surface area contributed by atoms with E-state index in [1.54, 1.807) is 18.4 Å². The number of nitrogens with zero attached hydrogens (tertiary/aromatic N) is 2. The number of methoxy groups -OCH3 is 1. The van der Waals surface area contributed by atoms with Crippen LogP contribution in [0, 0.1) is 0 Å². The van der Waals surface area contributed by atoms with Gasteiger partial charge in [0.2, 0.25) is 0 Å². The molecule has 0 saturated heterocycles. The van der Waals surface area contributed by atoms with Crippen molar-refractivity contribution in [2.75, 3.05) is 12.4 Å². The highest BCUT2D eigenvalue weighted by Gasteiger charge is 2.09. The summed E-state index contributed by atoms with van der Waals surface area (Å²) in [5, 5.41) is 6.62. The molecule has 23 heavy (non-hydrogen) atoms. The molecule has 0 bridgehead atoms. The summed E-state index contributed by atoms with van der Waals surface area (Å²) in [7, 11) is 1.69. The Morgan fingerprint density at radius 1 is 1.22 bits per heavy atom. The zero-order chi connectivity index (χ0) is 16.1.